The van der Waals surface area contributed by atoms with E-state index < -0.39 is 18.2 Å². The Labute approximate surface area is 84.6 Å². The molecule has 0 aliphatic rings. The predicted molar refractivity (Wildman–Crippen MR) is 53.0 cm³/mol. The summed E-state index contributed by atoms with van der Waals surface area (Å²) in [7, 11) is 0. The zero-order chi connectivity index (χ0) is 11.0. The van der Waals surface area contributed by atoms with E-state index >= 15 is 0 Å². The standard InChI is InChI=1S/C10H20O4/c1-2-3-4-5-8(11)6-7-9(12)10(13)14/h8-9,11-12H,2-7H2,1H3,(H,13,14). The summed E-state index contributed by atoms with van der Waals surface area (Å²) in [5.74, 6) is -1.22. The first-order valence-corrected chi connectivity index (χ1v) is 5.16. The molecule has 84 valence electrons. The molecule has 0 aliphatic carbocycles. The maximum atomic E-state index is 10.2. The van der Waals surface area contributed by atoms with Crippen LogP contribution in [0.3, 0.4) is 0 Å². The van der Waals surface area contributed by atoms with Crippen molar-refractivity contribution in [2.45, 2.75) is 57.7 Å². The maximum absolute atomic E-state index is 10.2. The second-order valence-electron chi connectivity index (χ2n) is 3.58. The fraction of sp³-hybridized carbons (Fsp3) is 0.900. The average Bonchev–Trinajstić information content (AvgIpc) is 2.14. The Hall–Kier alpha value is -0.610. The minimum absolute atomic E-state index is 0.128. The van der Waals surface area contributed by atoms with Crippen LogP contribution in [-0.4, -0.2) is 33.5 Å². The number of carboxylic acid groups (broad SMARTS) is 1. The van der Waals surface area contributed by atoms with Crippen LogP contribution in [0.25, 0.3) is 0 Å². The van der Waals surface area contributed by atoms with Crippen LogP contribution in [-0.2, 0) is 4.79 Å². The molecule has 4 heteroatoms. The highest BCUT2D eigenvalue weighted by Crippen LogP contribution is 2.09. The van der Waals surface area contributed by atoms with Crippen LogP contribution < -0.4 is 0 Å². The summed E-state index contributed by atoms with van der Waals surface area (Å²) in [4.78, 5) is 10.2. The zero-order valence-electron chi connectivity index (χ0n) is 8.65. The van der Waals surface area contributed by atoms with Gasteiger partial charge in [0.15, 0.2) is 6.10 Å². The number of unbranched alkanes of at least 4 members (excludes halogenated alkanes) is 2. The van der Waals surface area contributed by atoms with Gasteiger partial charge in [-0.2, -0.15) is 0 Å². The van der Waals surface area contributed by atoms with E-state index in [0.29, 0.717) is 12.8 Å². The van der Waals surface area contributed by atoms with Crippen molar-refractivity contribution in [2.24, 2.45) is 0 Å². The summed E-state index contributed by atoms with van der Waals surface area (Å²) >= 11 is 0. The molecule has 0 bridgehead atoms. The summed E-state index contributed by atoms with van der Waals surface area (Å²) in [5.41, 5.74) is 0. The SMILES string of the molecule is CCCCCC(O)CCC(O)C(=O)O. The van der Waals surface area contributed by atoms with Crippen LogP contribution in [0.5, 0.6) is 0 Å². The van der Waals surface area contributed by atoms with Gasteiger partial charge in [-0.1, -0.05) is 26.2 Å². The van der Waals surface area contributed by atoms with E-state index in [2.05, 4.69) is 6.92 Å². The molecule has 0 aliphatic heterocycles. The van der Waals surface area contributed by atoms with E-state index in [1.807, 2.05) is 0 Å². The van der Waals surface area contributed by atoms with Crippen molar-refractivity contribution in [1.29, 1.82) is 0 Å². The molecule has 0 radical (unpaired) electrons. The van der Waals surface area contributed by atoms with Gasteiger partial charge in [0.25, 0.3) is 0 Å². The van der Waals surface area contributed by atoms with E-state index in [-0.39, 0.29) is 6.42 Å². The third kappa shape index (κ3) is 6.86. The van der Waals surface area contributed by atoms with Crippen molar-refractivity contribution in [2.75, 3.05) is 0 Å². The molecule has 2 atom stereocenters. The molecule has 0 saturated carbocycles. The smallest absolute Gasteiger partial charge is 0.332 e. The van der Waals surface area contributed by atoms with Gasteiger partial charge in [0, 0.05) is 0 Å². The van der Waals surface area contributed by atoms with Gasteiger partial charge in [0.2, 0.25) is 0 Å². The predicted octanol–water partition coefficient (Wildman–Crippen LogP) is 1.15. The van der Waals surface area contributed by atoms with Crippen molar-refractivity contribution in [3.8, 4) is 0 Å². The van der Waals surface area contributed by atoms with Crippen molar-refractivity contribution in [3.05, 3.63) is 0 Å². The molecule has 0 rings (SSSR count). The van der Waals surface area contributed by atoms with Gasteiger partial charge >= 0.3 is 5.97 Å². The lowest BCUT2D eigenvalue weighted by atomic mass is 10.0. The van der Waals surface area contributed by atoms with Crippen LogP contribution in [0.1, 0.15) is 45.4 Å². The highest BCUT2D eigenvalue weighted by molar-refractivity contribution is 5.71. The quantitative estimate of drug-likeness (QED) is 0.518. The molecule has 0 fully saturated rings. The van der Waals surface area contributed by atoms with E-state index in [1.165, 1.54) is 0 Å². The largest absolute Gasteiger partial charge is 0.479 e. The van der Waals surface area contributed by atoms with Gasteiger partial charge in [-0.15, -0.1) is 0 Å². The third-order valence-electron chi connectivity index (χ3n) is 2.20. The van der Waals surface area contributed by atoms with Crippen molar-refractivity contribution >= 4 is 5.97 Å². The Morgan fingerprint density at radius 3 is 2.29 bits per heavy atom. The van der Waals surface area contributed by atoms with Gasteiger partial charge in [-0.3, -0.25) is 0 Å². The number of aliphatic hydroxyl groups is 2. The fourth-order valence-electron chi connectivity index (χ4n) is 1.25. The highest BCUT2D eigenvalue weighted by atomic mass is 16.4. The first-order chi connectivity index (χ1) is 6.57. The Kier molecular flexibility index (Phi) is 7.42. The second-order valence-corrected chi connectivity index (χ2v) is 3.58. The first-order valence-electron chi connectivity index (χ1n) is 5.16. The summed E-state index contributed by atoms with van der Waals surface area (Å²) in [5, 5.41) is 26.7. The number of hydrogen-bond acceptors (Lipinski definition) is 3. The third-order valence-corrected chi connectivity index (χ3v) is 2.20. The summed E-state index contributed by atoms with van der Waals surface area (Å²) in [6.07, 6.45) is 2.51. The van der Waals surface area contributed by atoms with Crippen LogP contribution >= 0.6 is 0 Å². The van der Waals surface area contributed by atoms with Crippen LogP contribution in [0.2, 0.25) is 0 Å². The van der Waals surface area contributed by atoms with Gasteiger partial charge in [-0.25, -0.2) is 4.79 Å². The molecular formula is C10H20O4. The molecule has 3 N–H and O–H groups in total. The number of hydrogen-bond donors (Lipinski definition) is 3. The van der Waals surface area contributed by atoms with Crippen molar-refractivity contribution < 1.29 is 20.1 Å². The maximum Gasteiger partial charge on any atom is 0.332 e. The van der Waals surface area contributed by atoms with E-state index in [4.69, 9.17) is 10.2 Å². The van der Waals surface area contributed by atoms with Crippen molar-refractivity contribution in [3.63, 3.8) is 0 Å². The first kappa shape index (κ1) is 13.4. The lowest BCUT2D eigenvalue weighted by molar-refractivity contribution is -0.147. The van der Waals surface area contributed by atoms with Gasteiger partial charge < -0.3 is 15.3 Å². The normalized spacial score (nSPS) is 15.1. The molecule has 0 saturated heterocycles. The minimum atomic E-state index is -1.34. The van der Waals surface area contributed by atoms with Gasteiger partial charge in [0.1, 0.15) is 0 Å². The van der Waals surface area contributed by atoms with Gasteiger partial charge in [0.05, 0.1) is 6.10 Å². The second kappa shape index (κ2) is 7.76. The summed E-state index contributed by atoms with van der Waals surface area (Å²) in [6.45, 7) is 2.08. The number of carbonyl (C=O) groups is 1. The molecule has 0 aromatic heterocycles. The Morgan fingerprint density at radius 1 is 1.14 bits per heavy atom. The van der Waals surface area contributed by atoms with Crippen LogP contribution in [0.4, 0.5) is 0 Å². The lowest BCUT2D eigenvalue weighted by Crippen LogP contribution is -2.21. The number of carboxylic acids is 1. The number of aliphatic carboxylic acids is 1. The molecule has 0 amide bonds. The number of aliphatic hydroxyl groups excluding tert-OH is 2. The molecule has 0 spiro atoms. The molecule has 4 nitrogen and oxygen atoms in total. The average molecular weight is 204 g/mol. The van der Waals surface area contributed by atoms with Gasteiger partial charge in [-0.05, 0) is 19.3 Å². The fourth-order valence-corrected chi connectivity index (χ4v) is 1.25. The molecular weight excluding hydrogens is 184 g/mol. The van der Waals surface area contributed by atoms with Crippen LogP contribution in [0.15, 0.2) is 0 Å². The van der Waals surface area contributed by atoms with E-state index in [9.17, 15) is 9.90 Å². The molecule has 0 aromatic rings. The molecule has 0 aromatic carbocycles. The number of rotatable bonds is 8. The lowest BCUT2D eigenvalue weighted by Gasteiger charge is -2.11. The minimum Gasteiger partial charge on any atom is -0.479 e. The summed E-state index contributed by atoms with van der Waals surface area (Å²) < 4.78 is 0. The van der Waals surface area contributed by atoms with Crippen molar-refractivity contribution in [1.82, 2.24) is 0 Å². The Bertz CT molecular complexity index is 158. The van der Waals surface area contributed by atoms with E-state index in [0.717, 1.165) is 19.3 Å². The molecule has 2 unspecified atom stereocenters. The molecule has 14 heavy (non-hydrogen) atoms. The monoisotopic (exact) mass is 204 g/mol. The summed E-state index contributed by atoms with van der Waals surface area (Å²) in [6, 6.07) is 0. The Morgan fingerprint density at radius 2 is 1.79 bits per heavy atom. The topological polar surface area (TPSA) is 77.8 Å². The molecule has 0 heterocycles. The zero-order valence-corrected chi connectivity index (χ0v) is 8.65. The Balaban J connectivity index is 3.43. The van der Waals surface area contributed by atoms with Crippen LogP contribution in [0, 0.1) is 0 Å². The van der Waals surface area contributed by atoms with E-state index in [1.54, 1.807) is 0 Å². The highest BCUT2D eigenvalue weighted by Gasteiger charge is 2.14.